The fourth-order valence-electron chi connectivity index (χ4n) is 1.75. The molecule has 2 rings (SSSR count). The van der Waals surface area contributed by atoms with Crippen LogP contribution in [0.1, 0.15) is 17.7 Å². The van der Waals surface area contributed by atoms with Gasteiger partial charge in [0.05, 0.1) is 12.8 Å². The Hall–Kier alpha value is -2.07. The molecule has 100 valence electrons. The highest BCUT2D eigenvalue weighted by Gasteiger charge is 2.04. The summed E-state index contributed by atoms with van der Waals surface area (Å²) in [6.45, 7) is 3.24. The van der Waals surface area contributed by atoms with Crippen LogP contribution in [0.5, 0.6) is 0 Å². The van der Waals surface area contributed by atoms with E-state index >= 15 is 0 Å². The fraction of sp³-hybridized carbons (Fsp3) is 0.267. The van der Waals surface area contributed by atoms with Gasteiger partial charge in [-0.3, -0.25) is 4.79 Å². The average Bonchev–Trinajstić information content (AvgIpc) is 2.91. The van der Waals surface area contributed by atoms with Crippen LogP contribution in [0.25, 0.3) is 0 Å². The highest BCUT2D eigenvalue weighted by molar-refractivity contribution is 5.91. The number of nitrogens with one attached hydrogen (secondary N) is 2. The quantitative estimate of drug-likeness (QED) is 0.783. The molecule has 0 saturated heterocycles. The van der Waals surface area contributed by atoms with Gasteiger partial charge in [0.2, 0.25) is 5.91 Å². The van der Waals surface area contributed by atoms with E-state index in [0.717, 1.165) is 17.0 Å². The minimum Gasteiger partial charge on any atom is -0.468 e. The number of hydrogen-bond donors (Lipinski definition) is 2. The van der Waals surface area contributed by atoms with Gasteiger partial charge in [0.1, 0.15) is 5.76 Å². The number of furan rings is 1. The molecule has 0 aliphatic carbocycles. The van der Waals surface area contributed by atoms with Crippen LogP contribution in [-0.4, -0.2) is 12.5 Å². The van der Waals surface area contributed by atoms with Crippen molar-refractivity contribution in [3.63, 3.8) is 0 Å². The van der Waals surface area contributed by atoms with Gasteiger partial charge in [-0.1, -0.05) is 18.2 Å². The first kappa shape index (κ1) is 13.4. The van der Waals surface area contributed by atoms with Crippen molar-refractivity contribution >= 4 is 11.6 Å². The van der Waals surface area contributed by atoms with Crippen molar-refractivity contribution in [1.29, 1.82) is 0 Å². The molecular formula is C15H18N2O2. The van der Waals surface area contributed by atoms with E-state index in [9.17, 15) is 4.79 Å². The predicted molar refractivity (Wildman–Crippen MR) is 74.8 cm³/mol. The van der Waals surface area contributed by atoms with Crippen molar-refractivity contribution in [3.8, 4) is 0 Å². The maximum atomic E-state index is 11.8. The van der Waals surface area contributed by atoms with E-state index in [1.54, 1.807) is 6.26 Å². The van der Waals surface area contributed by atoms with E-state index in [1.807, 2.05) is 43.3 Å². The monoisotopic (exact) mass is 258 g/mol. The van der Waals surface area contributed by atoms with Crippen LogP contribution in [-0.2, 0) is 11.3 Å². The summed E-state index contributed by atoms with van der Waals surface area (Å²) < 4.78 is 5.19. The first-order valence-electron chi connectivity index (χ1n) is 6.34. The molecule has 0 saturated carbocycles. The van der Waals surface area contributed by atoms with E-state index in [-0.39, 0.29) is 5.91 Å². The van der Waals surface area contributed by atoms with E-state index in [4.69, 9.17) is 4.42 Å². The Morgan fingerprint density at radius 3 is 2.79 bits per heavy atom. The molecule has 19 heavy (non-hydrogen) atoms. The van der Waals surface area contributed by atoms with Crippen molar-refractivity contribution in [1.82, 2.24) is 5.32 Å². The number of rotatable bonds is 6. The van der Waals surface area contributed by atoms with Crippen LogP contribution < -0.4 is 10.6 Å². The lowest BCUT2D eigenvalue weighted by molar-refractivity contribution is -0.116. The molecule has 0 fully saturated rings. The molecule has 1 heterocycles. The number of aryl methyl sites for hydroxylation is 1. The number of carbonyl (C=O) groups excluding carboxylic acids is 1. The van der Waals surface area contributed by atoms with Crippen molar-refractivity contribution in [2.75, 3.05) is 11.9 Å². The van der Waals surface area contributed by atoms with Gasteiger partial charge in [-0.15, -0.1) is 0 Å². The minimum absolute atomic E-state index is 0.0150. The largest absolute Gasteiger partial charge is 0.468 e. The van der Waals surface area contributed by atoms with Crippen LogP contribution in [0.3, 0.4) is 0 Å². The lowest BCUT2D eigenvalue weighted by Crippen LogP contribution is -2.21. The molecule has 1 aromatic heterocycles. The van der Waals surface area contributed by atoms with Gasteiger partial charge in [0, 0.05) is 18.7 Å². The first-order valence-corrected chi connectivity index (χ1v) is 6.34. The predicted octanol–water partition coefficient (Wildman–Crippen LogP) is 2.71. The van der Waals surface area contributed by atoms with Crippen molar-refractivity contribution in [2.24, 2.45) is 0 Å². The van der Waals surface area contributed by atoms with Gasteiger partial charge < -0.3 is 15.1 Å². The second kappa shape index (κ2) is 6.75. The third-order valence-corrected chi connectivity index (χ3v) is 2.83. The second-order valence-electron chi connectivity index (χ2n) is 4.37. The van der Waals surface area contributed by atoms with Crippen molar-refractivity contribution in [2.45, 2.75) is 19.9 Å². The minimum atomic E-state index is 0.0150. The maximum Gasteiger partial charge on any atom is 0.225 e. The number of amides is 1. The molecule has 1 amide bonds. The molecule has 0 aliphatic rings. The van der Waals surface area contributed by atoms with Gasteiger partial charge in [-0.25, -0.2) is 0 Å². The summed E-state index contributed by atoms with van der Waals surface area (Å²) >= 11 is 0. The molecule has 4 nitrogen and oxygen atoms in total. The molecule has 2 aromatic rings. The number of benzene rings is 1. The molecule has 4 heteroatoms. The number of anilines is 1. The van der Waals surface area contributed by atoms with E-state index < -0.39 is 0 Å². The van der Waals surface area contributed by atoms with Crippen LogP contribution >= 0.6 is 0 Å². The Balaban J connectivity index is 1.69. The molecule has 1 aromatic carbocycles. The number of hydrogen-bond acceptors (Lipinski definition) is 3. The Morgan fingerprint density at radius 2 is 2.05 bits per heavy atom. The summed E-state index contributed by atoms with van der Waals surface area (Å²) in [6, 6.07) is 11.5. The lowest BCUT2D eigenvalue weighted by atomic mass is 10.2. The maximum absolute atomic E-state index is 11.8. The van der Waals surface area contributed by atoms with Gasteiger partial charge in [0.15, 0.2) is 0 Å². The van der Waals surface area contributed by atoms with Gasteiger partial charge >= 0.3 is 0 Å². The van der Waals surface area contributed by atoms with Gasteiger partial charge in [-0.05, 0) is 30.7 Å². The zero-order valence-electron chi connectivity index (χ0n) is 11.0. The van der Waals surface area contributed by atoms with Crippen molar-refractivity contribution in [3.05, 3.63) is 54.0 Å². The zero-order valence-corrected chi connectivity index (χ0v) is 11.0. The van der Waals surface area contributed by atoms with Crippen LogP contribution in [0, 0.1) is 6.92 Å². The molecule has 0 atom stereocenters. The topological polar surface area (TPSA) is 54.3 Å². The Bertz CT molecular complexity index is 521. The molecule has 2 N–H and O–H groups in total. The standard InChI is InChI=1S/C15H18N2O2/c1-12-5-2-3-7-14(12)17-15(18)8-9-16-11-13-6-4-10-19-13/h2-7,10,16H,8-9,11H2,1H3,(H,17,18). The van der Waals surface area contributed by atoms with E-state index in [0.29, 0.717) is 19.5 Å². The molecule has 0 bridgehead atoms. The average molecular weight is 258 g/mol. The highest BCUT2D eigenvalue weighted by Crippen LogP contribution is 2.13. The number of carbonyl (C=O) groups is 1. The normalized spacial score (nSPS) is 10.4. The lowest BCUT2D eigenvalue weighted by Gasteiger charge is -2.08. The summed E-state index contributed by atoms with van der Waals surface area (Å²) in [5, 5.41) is 6.07. The Labute approximate surface area is 112 Å². The number of para-hydroxylation sites is 1. The Kier molecular flexibility index (Phi) is 4.75. The zero-order chi connectivity index (χ0) is 13.5. The van der Waals surface area contributed by atoms with E-state index in [2.05, 4.69) is 10.6 Å². The van der Waals surface area contributed by atoms with Crippen LogP contribution in [0.4, 0.5) is 5.69 Å². The van der Waals surface area contributed by atoms with Gasteiger partial charge in [-0.2, -0.15) is 0 Å². The summed E-state index contributed by atoms with van der Waals surface area (Å²) in [5.74, 6) is 0.889. The SMILES string of the molecule is Cc1ccccc1NC(=O)CCNCc1ccco1. The third-order valence-electron chi connectivity index (χ3n) is 2.83. The molecule has 0 radical (unpaired) electrons. The first-order chi connectivity index (χ1) is 9.25. The molecule has 0 unspecified atom stereocenters. The molecular weight excluding hydrogens is 240 g/mol. The highest BCUT2D eigenvalue weighted by atomic mass is 16.3. The second-order valence-corrected chi connectivity index (χ2v) is 4.37. The summed E-state index contributed by atoms with van der Waals surface area (Å²) in [7, 11) is 0. The molecule has 0 spiro atoms. The summed E-state index contributed by atoms with van der Waals surface area (Å²) in [6.07, 6.45) is 2.08. The fourth-order valence-corrected chi connectivity index (χ4v) is 1.75. The van der Waals surface area contributed by atoms with Crippen LogP contribution in [0.15, 0.2) is 47.1 Å². The molecule has 0 aliphatic heterocycles. The third kappa shape index (κ3) is 4.26. The van der Waals surface area contributed by atoms with Crippen LogP contribution in [0.2, 0.25) is 0 Å². The van der Waals surface area contributed by atoms with Crippen molar-refractivity contribution < 1.29 is 9.21 Å². The smallest absolute Gasteiger partial charge is 0.225 e. The summed E-state index contributed by atoms with van der Waals surface area (Å²) in [4.78, 5) is 11.8. The van der Waals surface area contributed by atoms with E-state index in [1.165, 1.54) is 0 Å². The van der Waals surface area contributed by atoms with Gasteiger partial charge in [0.25, 0.3) is 0 Å². The summed E-state index contributed by atoms with van der Waals surface area (Å²) in [5.41, 5.74) is 1.94. The Morgan fingerprint density at radius 1 is 1.21 bits per heavy atom.